The molecule has 1 N–H and O–H groups in total. The lowest BCUT2D eigenvalue weighted by Gasteiger charge is -2.31. The minimum Gasteiger partial charge on any atom is -0.469 e. The van der Waals surface area contributed by atoms with Crippen LogP contribution in [0.25, 0.3) is 0 Å². The van der Waals surface area contributed by atoms with Crippen LogP contribution in [-0.2, 0) is 17.6 Å². The van der Waals surface area contributed by atoms with Crippen molar-refractivity contribution < 1.29 is 13.7 Å². The normalized spacial score (nSPS) is 21.3. The molecule has 1 fully saturated rings. The molecule has 0 spiro atoms. The number of rotatable bonds is 5. The lowest BCUT2D eigenvalue weighted by Crippen LogP contribution is -2.43. The molecule has 1 amide bonds. The van der Waals surface area contributed by atoms with E-state index in [0.29, 0.717) is 12.3 Å². The van der Waals surface area contributed by atoms with Gasteiger partial charge in [-0.1, -0.05) is 18.0 Å². The summed E-state index contributed by atoms with van der Waals surface area (Å²) in [5.74, 6) is 2.23. The molecule has 124 valence electrons. The fraction of sp³-hybridized carbons (Fsp3) is 0.556. The van der Waals surface area contributed by atoms with Gasteiger partial charge in [0, 0.05) is 18.0 Å². The van der Waals surface area contributed by atoms with Crippen molar-refractivity contribution in [2.24, 2.45) is 5.92 Å². The number of amides is 1. The number of hydrogen-bond donors (Lipinski definition) is 1. The third-order valence-corrected chi connectivity index (χ3v) is 4.82. The van der Waals surface area contributed by atoms with Gasteiger partial charge in [-0.2, -0.15) is 0 Å². The van der Waals surface area contributed by atoms with E-state index in [2.05, 4.69) is 10.5 Å². The molecule has 0 aromatic carbocycles. The second-order valence-corrected chi connectivity index (χ2v) is 6.48. The van der Waals surface area contributed by atoms with Gasteiger partial charge in [0.15, 0.2) is 0 Å². The van der Waals surface area contributed by atoms with Gasteiger partial charge in [0.25, 0.3) is 0 Å². The van der Waals surface area contributed by atoms with E-state index in [1.165, 1.54) is 12.8 Å². The quantitative estimate of drug-likeness (QED) is 0.918. The van der Waals surface area contributed by atoms with Crippen LogP contribution < -0.4 is 5.32 Å². The molecule has 2 heterocycles. The topological polar surface area (TPSA) is 68.3 Å². The highest BCUT2D eigenvalue weighted by molar-refractivity contribution is 5.79. The maximum Gasteiger partial charge on any atom is 0.224 e. The van der Waals surface area contributed by atoms with E-state index >= 15 is 0 Å². The lowest BCUT2D eigenvalue weighted by molar-refractivity contribution is -0.121. The van der Waals surface area contributed by atoms with Crippen LogP contribution >= 0.6 is 0 Å². The monoisotopic (exact) mass is 316 g/mol. The minimum atomic E-state index is 0.0516. The zero-order valence-corrected chi connectivity index (χ0v) is 13.8. The van der Waals surface area contributed by atoms with Crippen molar-refractivity contribution in [3.05, 3.63) is 41.2 Å². The predicted octanol–water partition coefficient (Wildman–Crippen LogP) is 3.34. The van der Waals surface area contributed by atoms with Gasteiger partial charge >= 0.3 is 0 Å². The molecule has 1 aliphatic rings. The first kappa shape index (κ1) is 15.8. The Morgan fingerprint density at radius 2 is 2.17 bits per heavy atom. The molecule has 0 aliphatic heterocycles. The largest absolute Gasteiger partial charge is 0.469 e. The van der Waals surface area contributed by atoms with Gasteiger partial charge < -0.3 is 14.3 Å². The Morgan fingerprint density at radius 1 is 1.35 bits per heavy atom. The van der Waals surface area contributed by atoms with Crippen molar-refractivity contribution in [1.82, 2.24) is 10.5 Å². The second-order valence-electron chi connectivity index (χ2n) is 6.48. The van der Waals surface area contributed by atoms with Gasteiger partial charge in [0.05, 0.1) is 18.4 Å². The molecule has 5 nitrogen and oxygen atoms in total. The molecule has 0 saturated heterocycles. The number of nitrogens with zero attached hydrogens (tertiary/aromatic N) is 1. The van der Waals surface area contributed by atoms with Crippen molar-refractivity contribution in [3.63, 3.8) is 0 Å². The van der Waals surface area contributed by atoms with E-state index in [1.807, 2.05) is 26.0 Å². The summed E-state index contributed by atoms with van der Waals surface area (Å²) < 4.78 is 10.6. The summed E-state index contributed by atoms with van der Waals surface area (Å²) in [6.45, 7) is 3.72. The van der Waals surface area contributed by atoms with E-state index in [9.17, 15) is 4.79 Å². The maximum atomic E-state index is 12.4. The summed E-state index contributed by atoms with van der Waals surface area (Å²) in [6.07, 6.45) is 7.51. The van der Waals surface area contributed by atoms with E-state index in [-0.39, 0.29) is 11.9 Å². The van der Waals surface area contributed by atoms with Crippen molar-refractivity contribution in [1.29, 1.82) is 0 Å². The zero-order valence-electron chi connectivity index (χ0n) is 13.8. The molecule has 5 heteroatoms. The van der Waals surface area contributed by atoms with Gasteiger partial charge in [0.1, 0.15) is 11.5 Å². The van der Waals surface area contributed by atoms with E-state index < -0.39 is 0 Å². The number of nitrogens with one attached hydrogen (secondary N) is 1. The van der Waals surface area contributed by atoms with Crippen LogP contribution in [0.3, 0.4) is 0 Å². The molecule has 23 heavy (non-hydrogen) atoms. The predicted molar refractivity (Wildman–Crippen MR) is 86.0 cm³/mol. The fourth-order valence-electron chi connectivity index (χ4n) is 3.50. The summed E-state index contributed by atoms with van der Waals surface area (Å²) in [5.41, 5.74) is 1.70. The molecule has 3 rings (SSSR count). The summed E-state index contributed by atoms with van der Waals surface area (Å²) in [7, 11) is 0. The Labute approximate surface area is 136 Å². The number of carbonyl (C=O) groups is 1. The SMILES string of the molecule is Cc1noc(C)c1CC(=O)NC1CCCCC1Cc1ccco1. The molecule has 2 aromatic heterocycles. The molecule has 2 atom stereocenters. The highest BCUT2D eigenvalue weighted by Crippen LogP contribution is 2.28. The summed E-state index contributed by atoms with van der Waals surface area (Å²) in [5, 5.41) is 7.14. The Balaban J connectivity index is 1.61. The average molecular weight is 316 g/mol. The van der Waals surface area contributed by atoms with Crippen LogP contribution in [0, 0.1) is 19.8 Å². The van der Waals surface area contributed by atoms with Gasteiger partial charge in [-0.3, -0.25) is 4.79 Å². The third kappa shape index (κ3) is 3.84. The summed E-state index contributed by atoms with van der Waals surface area (Å²) in [4.78, 5) is 12.4. The van der Waals surface area contributed by atoms with Crippen molar-refractivity contribution in [3.8, 4) is 0 Å². The van der Waals surface area contributed by atoms with E-state index in [1.54, 1.807) is 6.26 Å². The first-order chi connectivity index (χ1) is 11.1. The van der Waals surface area contributed by atoms with Crippen LogP contribution in [0.15, 0.2) is 27.3 Å². The number of furan rings is 1. The minimum absolute atomic E-state index is 0.0516. The van der Waals surface area contributed by atoms with Crippen molar-refractivity contribution >= 4 is 5.91 Å². The molecule has 0 bridgehead atoms. The highest BCUT2D eigenvalue weighted by Gasteiger charge is 2.27. The van der Waals surface area contributed by atoms with Gasteiger partial charge in [-0.25, -0.2) is 0 Å². The van der Waals surface area contributed by atoms with Crippen LogP contribution in [0.2, 0.25) is 0 Å². The van der Waals surface area contributed by atoms with Gasteiger partial charge in [0.2, 0.25) is 5.91 Å². The standard InChI is InChI=1S/C18H24N2O3/c1-12-16(13(2)23-20-12)11-18(21)19-17-8-4-3-6-14(17)10-15-7-5-9-22-15/h5,7,9,14,17H,3-4,6,8,10-11H2,1-2H3,(H,19,21). The smallest absolute Gasteiger partial charge is 0.224 e. The first-order valence-corrected chi connectivity index (χ1v) is 8.37. The molecule has 0 radical (unpaired) electrons. The Bertz CT molecular complexity index is 626. The number of aromatic nitrogens is 1. The van der Waals surface area contributed by atoms with E-state index in [4.69, 9.17) is 8.94 Å². The second kappa shape index (κ2) is 7.02. The van der Waals surface area contributed by atoms with Crippen molar-refractivity contribution in [2.45, 2.75) is 58.4 Å². The Morgan fingerprint density at radius 3 is 2.87 bits per heavy atom. The maximum absolute atomic E-state index is 12.4. The highest BCUT2D eigenvalue weighted by atomic mass is 16.5. The summed E-state index contributed by atoms with van der Waals surface area (Å²) in [6, 6.07) is 4.16. The van der Waals surface area contributed by atoms with Crippen LogP contribution in [-0.4, -0.2) is 17.1 Å². The molecule has 1 aliphatic carbocycles. The van der Waals surface area contributed by atoms with E-state index in [0.717, 1.165) is 42.0 Å². The van der Waals surface area contributed by atoms with Crippen molar-refractivity contribution in [2.75, 3.05) is 0 Å². The molecular formula is C18H24N2O3. The van der Waals surface area contributed by atoms with Crippen LogP contribution in [0.5, 0.6) is 0 Å². The third-order valence-electron chi connectivity index (χ3n) is 4.82. The fourth-order valence-corrected chi connectivity index (χ4v) is 3.50. The molecular weight excluding hydrogens is 292 g/mol. The number of hydrogen-bond acceptors (Lipinski definition) is 4. The van der Waals surface area contributed by atoms with Gasteiger partial charge in [-0.05, 0) is 44.7 Å². The lowest BCUT2D eigenvalue weighted by atomic mass is 9.81. The summed E-state index contributed by atoms with van der Waals surface area (Å²) >= 11 is 0. The zero-order chi connectivity index (χ0) is 16.2. The molecule has 1 saturated carbocycles. The van der Waals surface area contributed by atoms with Crippen LogP contribution in [0.4, 0.5) is 0 Å². The first-order valence-electron chi connectivity index (χ1n) is 8.37. The number of aryl methyl sites for hydroxylation is 2. The average Bonchev–Trinajstić information content (AvgIpc) is 3.14. The van der Waals surface area contributed by atoms with Crippen LogP contribution in [0.1, 0.15) is 48.5 Å². The number of carbonyl (C=O) groups excluding carboxylic acids is 1. The Kier molecular flexibility index (Phi) is 4.84. The Hall–Kier alpha value is -2.04. The molecule has 2 unspecified atom stereocenters. The molecule has 2 aromatic rings. The van der Waals surface area contributed by atoms with Gasteiger partial charge in [-0.15, -0.1) is 0 Å².